The largest absolute Gasteiger partial charge is 0.481 e. The zero-order valence-electron chi connectivity index (χ0n) is 56.3. The molecule has 98 heavy (non-hydrogen) atoms. The zero-order valence-corrected chi connectivity index (χ0v) is 56.3. The lowest BCUT2D eigenvalue weighted by molar-refractivity contribution is -0.280. The first-order valence-corrected chi connectivity index (χ1v) is 32.2. The average molecular weight is 1380 g/mol. The van der Waals surface area contributed by atoms with Gasteiger partial charge in [0, 0.05) is 23.3 Å². The predicted octanol–water partition coefficient (Wildman–Crippen LogP) is -2.64. The van der Waals surface area contributed by atoms with Crippen LogP contribution in [-0.2, 0) is 68.6 Å². The first-order chi connectivity index (χ1) is 46.2. The number of carbonyl (C=O) groups excluding carboxylic acids is 10. The van der Waals surface area contributed by atoms with Gasteiger partial charge in [-0.2, -0.15) is 0 Å². The van der Waals surface area contributed by atoms with Crippen molar-refractivity contribution in [2.75, 3.05) is 19.7 Å². The first kappa shape index (κ1) is 83.3. The smallest absolute Gasteiger partial charge is 0.326 e. The number of hydrogen-bond donors (Lipinski definition) is 18. The van der Waals surface area contributed by atoms with Gasteiger partial charge in [-0.3, -0.25) is 52.7 Å². The number of aliphatic hydroxyl groups excluding tert-OH is 4. The Balaban J connectivity index is 2.12. The number of carboxylic acid groups (broad SMARTS) is 2. The van der Waals surface area contributed by atoms with Crippen molar-refractivity contribution < 1.29 is 97.6 Å². The van der Waals surface area contributed by atoms with E-state index in [1.165, 1.54) is 38.1 Å². The maximum Gasteiger partial charge on any atom is 0.326 e. The molecular formula is C63H97N15O20. The van der Waals surface area contributed by atoms with Crippen molar-refractivity contribution in [3.8, 4) is 0 Å². The predicted molar refractivity (Wildman–Crippen MR) is 350 cm³/mol. The Kier molecular flexibility index (Phi) is 35.1. The first-order valence-electron chi connectivity index (χ1n) is 32.2. The molecule has 3 rings (SSSR count). The van der Waals surface area contributed by atoms with E-state index in [1.807, 2.05) is 0 Å². The van der Waals surface area contributed by atoms with Crippen LogP contribution in [0.5, 0.6) is 0 Å². The quantitative estimate of drug-likeness (QED) is 0.0140. The van der Waals surface area contributed by atoms with E-state index in [-0.39, 0.29) is 48.9 Å². The maximum absolute atomic E-state index is 15.0. The van der Waals surface area contributed by atoms with Gasteiger partial charge in [-0.25, -0.2) is 4.79 Å². The van der Waals surface area contributed by atoms with Gasteiger partial charge in [0.2, 0.25) is 53.2 Å². The molecule has 0 bridgehead atoms. The summed E-state index contributed by atoms with van der Waals surface area (Å²) in [5.74, 6) is -14.1. The Bertz CT molecular complexity index is 3080. The maximum atomic E-state index is 15.0. The third-order valence-corrected chi connectivity index (χ3v) is 16.0. The number of nitrogens with zero attached hydrogens (tertiary/aromatic N) is 3. The zero-order chi connectivity index (χ0) is 73.7. The van der Waals surface area contributed by atoms with Gasteiger partial charge in [0.25, 0.3) is 5.91 Å². The molecule has 2 aromatic carbocycles. The number of unbranched alkanes of at least 4 members (excludes halogenated alkanes) is 1. The summed E-state index contributed by atoms with van der Waals surface area (Å²) in [7, 11) is 0. The lowest BCUT2D eigenvalue weighted by Gasteiger charge is -2.43. The van der Waals surface area contributed by atoms with E-state index in [0.717, 1.165) is 6.92 Å². The number of carbonyl (C=O) groups is 12. The summed E-state index contributed by atoms with van der Waals surface area (Å²) in [5, 5.41) is 91.1. The van der Waals surface area contributed by atoms with Crippen molar-refractivity contribution in [3.63, 3.8) is 0 Å². The lowest BCUT2D eigenvalue weighted by atomic mass is 9.96. The van der Waals surface area contributed by atoms with Crippen LogP contribution in [0.4, 0.5) is 5.69 Å². The van der Waals surface area contributed by atoms with E-state index >= 15 is 9.59 Å². The number of aliphatic hydroxyl groups is 4. The third kappa shape index (κ3) is 26.5. The molecule has 544 valence electrons. The SMILES string of the molecule is CC[C@H](C)[C@H](NC(=O)[C@@H](N)C(C)C)C(=O)N[C@H](C(=O)N[C@@H](C)C(=O)N[C@@H](Cc1ccccc1)C(=O)N[C@H](C(=O)N[C@@H](CCC(=O)O)C(=O)NCC(=O)N[C@@H](CC(C)C)C(=O)N[C@@H](CCCCN)C(=O)O)[C@@H](C)O[C@H]1O[C@H](CO)[C@@H](O)[C@H](O)[C@H]1NC(=O)c1ccccc1N=[N+]=[N-])[C@@H](C)O. The number of ether oxygens (including phenoxy) is 2. The number of carboxylic acids is 2. The third-order valence-electron chi connectivity index (χ3n) is 16.0. The fourth-order valence-corrected chi connectivity index (χ4v) is 10.0. The summed E-state index contributed by atoms with van der Waals surface area (Å²) in [6.07, 6.45) is -11.6. The highest BCUT2D eigenvalue weighted by atomic mass is 16.7. The number of nitrogens with one attached hydrogen (secondary N) is 10. The number of hydrogen-bond acceptors (Lipinski definition) is 21. The van der Waals surface area contributed by atoms with Gasteiger partial charge in [0.05, 0.1) is 37.1 Å². The number of rotatable bonds is 41. The molecule has 0 unspecified atom stereocenters. The van der Waals surface area contributed by atoms with Gasteiger partial charge in [-0.1, -0.05) is 102 Å². The van der Waals surface area contributed by atoms with Crippen LogP contribution >= 0.6 is 0 Å². The second kappa shape index (κ2) is 41.4. The fourth-order valence-electron chi connectivity index (χ4n) is 10.0. The van der Waals surface area contributed by atoms with E-state index in [1.54, 1.807) is 71.9 Å². The van der Waals surface area contributed by atoms with E-state index in [9.17, 15) is 84.1 Å². The van der Waals surface area contributed by atoms with Gasteiger partial charge in [-0.15, -0.1) is 0 Å². The molecule has 0 spiro atoms. The number of nitrogens with two attached hydrogens (primary N) is 2. The number of amides is 10. The van der Waals surface area contributed by atoms with Crippen molar-refractivity contribution in [2.24, 2.45) is 34.3 Å². The lowest BCUT2D eigenvalue weighted by Crippen LogP contribution is -2.66. The fraction of sp³-hybridized carbons (Fsp3) is 0.619. The molecule has 10 amide bonds. The van der Waals surface area contributed by atoms with Crippen molar-refractivity contribution >= 4 is 76.7 Å². The van der Waals surface area contributed by atoms with Crippen LogP contribution in [0.15, 0.2) is 59.7 Å². The highest BCUT2D eigenvalue weighted by Gasteiger charge is 2.48. The molecule has 1 aliphatic rings. The van der Waals surface area contributed by atoms with Gasteiger partial charge in [0.15, 0.2) is 6.29 Å². The summed E-state index contributed by atoms with van der Waals surface area (Å²) in [6.45, 7) is 12.2. The molecule has 35 heteroatoms. The molecular weight excluding hydrogens is 1290 g/mol. The summed E-state index contributed by atoms with van der Waals surface area (Å²) < 4.78 is 12.1. The summed E-state index contributed by atoms with van der Waals surface area (Å²) >= 11 is 0. The van der Waals surface area contributed by atoms with Crippen molar-refractivity contribution in [2.45, 2.75) is 211 Å². The highest BCUT2D eigenvalue weighted by Crippen LogP contribution is 2.26. The molecule has 0 saturated carbocycles. The minimum atomic E-state index is -2.12. The summed E-state index contributed by atoms with van der Waals surface area (Å²) in [4.78, 5) is 167. The minimum absolute atomic E-state index is 0.00519. The summed E-state index contributed by atoms with van der Waals surface area (Å²) in [6, 6.07) is -2.37. The molecule has 35 nitrogen and oxygen atoms in total. The highest BCUT2D eigenvalue weighted by molar-refractivity contribution is 6.00. The second-order valence-electron chi connectivity index (χ2n) is 24.7. The van der Waals surface area contributed by atoms with Crippen LogP contribution < -0.4 is 64.6 Å². The molecule has 2 aromatic rings. The van der Waals surface area contributed by atoms with Crippen molar-refractivity contribution in [1.29, 1.82) is 0 Å². The van der Waals surface area contributed by atoms with E-state index in [4.69, 9.17) is 20.9 Å². The Morgan fingerprint density at radius 2 is 1.24 bits per heavy atom. The van der Waals surface area contributed by atoms with Gasteiger partial charge in [0.1, 0.15) is 72.7 Å². The second-order valence-corrected chi connectivity index (χ2v) is 24.7. The van der Waals surface area contributed by atoms with Crippen molar-refractivity contribution in [3.05, 3.63) is 76.2 Å². The normalized spacial score (nSPS) is 19.6. The molecule has 0 aromatic heterocycles. The van der Waals surface area contributed by atoms with Crippen LogP contribution in [0.3, 0.4) is 0 Å². The van der Waals surface area contributed by atoms with Crippen LogP contribution in [-0.4, -0.2) is 219 Å². The Morgan fingerprint density at radius 3 is 1.83 bits per heavy atom. The van der Waals surface area contributed by atoms with Gasteiger partial charge < -0.3 is 105 Å². The molecule has 17 atom stereocenters. The van der Waals surface area contributed by atoms with E-state index in [2.05, 4.69) is 63.2 Å². The van der Waals surface area contributed by atoms with Crippen molar-refractivity contribution in [1.82, 2.24) is 53.2 Å². The van der Waals surface area contributed by atoms with E-state index < -0.39 is 200 Å². The Labute approximate surface area is 566 Å². The number of aliphatic carboxylic acids is 2. The molecule has 1 saturated heterocycles. The minimum Gasteiger partial charge on any atom is -0.481 e. The van der Waals surface area contributed by atoms with Gasteiger partial charge >= 0.3 is 11.9 Å². The Hall–Kier alpha value is -8.93. The molecule has 1 heterocycles. The molecule has 20 N–H and O–H groups in total. The molecule has 0 radical (unpaired) electrons. The standard InChI is InChI=1S/C63H97N15O20/c1-10-32(6)47(73-58(91)46(65)31(4)5)59(92)74-48(34(8)80)60(93)68-33(7)53(86)72-42(27-36-18-12-11-13-19-36)57(90)75-49(35(9)97-63-50(52(85)51(84)43(29-79)98-63)76-54(87)37-20-14-15-21-38(37)77-78-66)61(94)70-39(23-24-45(82)83)55(88)67-28-44(81)69-41(26-30(2)3)56(89)71-40(62(95)96)22-16-17-25-64/h11-15,18-21,30-35,39-43,46-52,63,79-80,84-85H,10,16-17,22-29,64-65H2,1-9H3,(H,67,88)(H,68,93)(H,69,81)(H,70,94)(H,71,89)(H,72,86)(H,73,91)(H,74,92)(H,75,90)(H,76,87)(H,82,83)(H,95,96)/t32-,33-,34+,35+,39-,40-,41-,42-,43+,46-,47-,48-,49-,50+,51+,52+,63-/m0/s1. The van der Waals surface area contributed by atoms with Gasteiger partial charge in [-0.05, 0) is 94.3 Å². The van der Waals surface area contributed by atoms with Crippen LogP contribution in [0, 0.1) is 17.8 Å². The average Bonchev–Trinajstić information content (AvgIpc) is 0.800. The monoisotopic (exact) mass is 1380 g/mol. The van der Waals surface area contributed by atoms with E-state index in [0.29, 0.717) is 24.8 Å². The Morgan fingerprint density at radius 1 is 0.663 bits per heavy atom. The molecule has 1 aliphatic heterocycles. The van der Waals surface area contributed by atoms with Crippen LogP contribution in [0.1, 0.15) is 123 Å². The number of azide groups is 1. The topological polar surface area (TPSA) is 566 Å². The molecule has 1 fully saturated rings. The van der Waals surface area contributed by atoms with Crippen LogP contribution in [0.25, 0.3) is 10.4 Å². The summed E-state index contributed by atoms with van der Waals surface area (Å²) in [5.41, 5.74) is 20.8. The number of benzene rings is 2. The van der Waals surface area contributed by atoms with Crippen LogP contribution in [0.2, 0.25) is 0 Å². The molecule has 0 aliphatic carbocycles.